The van der Waals surface area contributed by atoms with Crippen molar-refractivity contribution in [1.82, 2.24) is 9.62 Å². The maximum absolute atomic E-state index is 12.3. The molecule has 0 spiro atoms. The lowest BCUT2D eigenvalue weighted by Crippen LogP contribution is -2.27. The Morgan fingerprint density at radius 1 is 0.882 bits per heavy atom. The molecule has 0 fully saturated rings. The number of fused-ring (bicyclic) bond motifs is 1. The molecule has 3 aromatic rings. The van der Waals surface area contributed by atoms with Crippen LogP contribution in [0.5, 0.6) is 11.5 Å². The second-order valence-corrected chi connectivity index (χ2v) is 9.99. The van der Waals surface area contributed by atoms with Crippen LogP contribution in [-0.2, 0) is 41.0 Å². The largest absolute Gasteiger partial charge is 0.493 e. The molecule has 0 bridgehead atoms. The van der Waals surface area contributed by atoms with Crippen LogP contribution in [0.25, 0.3) is 0 Å². The first-order valence-corrected chi connectivity index (χ1v) is 12.6. The summed E-state index contributed by atoms with van der Waals surface area (Å²) >= 11 is 0. The predicted octanol–water partition coefficient (Wildman–Crippen LogP) is 3.71. The first kappa shape index (κ1) is 24.2. The summed E-state index contributed by atoms with van der Waals surface area (Å²) in [6.45, 7) is 3.57. The zero-order valence-electron chi connectivity index (χ0n) is 19.5. The van der Waals surface area contributed by atoms with E-state index in [0.29, 0.717) is 24.7 Å². The van der Waals surface area contributed by atoms with Crippen molar-refractivity contribution in [3.63, 3.8) is 0 Å². The van der Waals surface area contributed by atoms with Gasteiger partial charge in [-0.25, -0.2) is 13.1 Å². The highest BCUT2D eigenvalue weighted by Gasteiger charge is 2.19. The molecule has 1 aliphatic rings. The van der Waals surface area contributed by atoms with Gasteiger partial charge < -0.3 is 14.2 Å². The van der Waals surface area contributed by atoms with Crippen molar-refractivity contribution in [2.45, 2.75) is 31.1 Å². The summed E-state index contributed by atoms with van der Waals surface area (Å²) in [6.07, 6.45) is 0. The standard InChI is InChI=1S/C26H30N2O5S/c1-31-14-13-27-34(29,30)24-10-7-20(8-11-24)19-33-25-12-9-21(15-26(25)32-2)16-28-17-22-5-3-4-6-23(22)18-28/h3-12,15,27H,13-14,16-19H2,1-2H3. The second kappa shape index (κ2) is 11.0. The van der Waals surface area contributed by atoms with E-state index in [1.165, 1.54) is 18.2 Å². The minimum absolute atomic E-state index is 0.207. The fourth-order valence-corrected chi connectivity index (χ4v) is 5.00. The molecular formula is C26H30N2O5S. The van der Waals surface area contributed by atoms with Crippen molar-refractivity contribution in [2.24, 2.45) is 0 Å². The molecule has 3 aromatic carbocycles. The lowest BCUT2D eigenvalue weighted by molar-refractivity contribution is 0.204. The molecule has 0 saturated carbocycles. The number of hydrogen-bond donors (Lipinski definition) is 1. The maximum atomic E-state index is 12.3. The van der Waals surface area contributed by atoms with Crippen LogP contribution in [0.4, 0.5) is 0 Å². The van der Waals surface area contributed by atoms with Crippen LogP contribution in [-0.4, -0.2) is 40.7 Å². The van der Waals surface area contributed by atoms with Gasteiger partial charge in [-0.2, -0.15) is 0 Å². The highest BCUT2D eigenvalue weighted by atomic mass is 32.2. The van der Waals surface area contributed by atoms with Gasteiger partial charge in [-0.3, -0.25) is 4.90 Å². The Hall–Kier alpha value is -2.91. The van der Waals surface area contributed by atoms with E-state index in [2.05, 4.69) is 40.0 Å². The Morgan fingerprint density at radius 3 is 2.21 bits per heavy atom. The van der Waals surface area contributed by atoms with Crippen molar-refractivity contribution >= 4 is 10.0 Å². The molecule has 1 N–H and O–H groups in total. The van der Waals surface area contributed by atoms with E-state index in [4.69, 9.17) is 14.2 Å². The molecule has 0 aromatic heterocycles. The maximum Gasteiger partial charge on any atom is 0.240 e. The van der Waals surface area contributed by atoms with Gasteiger partial charge in [0.15, 0.2) is 11.5 Å². The molecular weight excluding hydrogens is 452 g/mol. The number of sulfonamides is 1. The molecule has 1 aliphatic heterocycles. The van der Waals surface area contributed by atoms with Crippen molar-refractivity contribution in [3.05, 3.63) is 89.0 Å². The van der Waals surface area contributed by atoms with Crippen LogP contribution in [0.1, 0.15) is 22.3 Å². The molecule has 0 saturated heterocycles. The van der Waals surface area contributed by atoms with E-state index in [1.54, 1.807) is 31.4 Å². The van der Waals surface area contributed by atoms with Crippen molar-refractivity contribution < 1.29 is 22.6 Å². The quantitative estimate of drug-likeness (QED) is 0.420. The monoisotopic (exact) mass is 482 g/mol. The smallest absolute Gasteiger partial charge is 0.240 e. The van der Waals surface area contributed by atoms with Gasteiger partial charge in [-0.05, 0) is 46.5 Å². The Balaban J connectivity index is 1.35. The molecule has 0 aliphatic carbocycles. The number of nitrogens with one attached hydrogen (secondary N) is 1. The summed E-state index contributed by atoms with van der Waals surface area (Å²) in [7, 11) is -0.395. The molecule has 34 heavy (non-hydrogen) atoms. The van der Waals surface area contributed by atoms with Gasteiger partial charge in [0.25, 0.3) is 0 Å². The van der Waals surface area contributed by atoms with Crippen molar-refractivity contribution in [3.8, 4) is 11.5 Å². The zero-order valence-corrected chi connectivity index (χ0v) is 20.3. The Labute approximate surface area is 201 Å². The highest BCUT2D eigenvalue weighted by Crippen LogP contribution is 2.31. The number of nitrogens with zero attached hydrogens (tertiary/aromatic N) is 1. The third-order valence-electron chi connectivity index (χ3n) is 5.77. The van der Waals surface area contributed by atoms with Crippen LogP contribution in [0.2, 0.25) is 0 Å². The summed E-state index contributed by atoms with van der Waals surface area (Å²) in [5.74, 6) is 1.32. The Kier molecular flexibility index (Phi) is 7.84. The number of methoxy groups -OCH3 is 2. The molecule has 4 rings (SSSR count). The number of hydrogen-bond acceptors (Lipinski definition) is 6. The van der Waals surface area contributed by atoms with E-state index in [0.717, 1.165) is 30.8 Å². The minimum Gasteiger partial charge on any atom is -0.493 e. The molecule has 0 radical (unpaired) electrons. The van der Waals surface area contributed by atoms with Crippen LogP contribution in [0.15, 0.2) is 71.6 Å². The van der Waals surface area contributed by atoms with Crippen molar-refractivity contribution in [1.29, 1.82) is 0 Å². The summed E-state index contributed by atoms with van der Waals surface area (Å²) in [4.78, 5) is 2.61. The average molecular weight is 483 g/mol. The Morgan fingerprint density at radius 2 is 1.56 bits per heavy atom. The first-order chi connectivity index (χ1) is 16.5. The lowest BCUT2D eigenvalue weighted by Gasteiger charge is -2.17. The number of ether oxygens (including phenoxy) is 3. The average Bonchev–Trinajstić information content (AvgIpc) is 3.26. The summed E-state index contributed by atoms with van der Waals surface area (Å²) in [6, 6.07) is 21.2. The molecule has 0 atom stereocenters. The van der Waals surface area contributed by atoms with Gasteiger partial charge in [0.1, 0.15) is 6.61 Å². The van der Waals surface area contributed by atoms with Gasteiger partial charge in [-0.1, -0.05) is 42.5 Å². The van der Waals surface area contributed by atoms with Crippen LogP contribution < -0.4 is 14.2 Å². The molecule has 0 amide bonds. The highest BCUT2D eigenvalue weighted by molar-refractivity contribution is 7.89. The van der Waals surface area contributed by atoms with E-state index in [-0.39, 0.29) is 11.4 Å². The second-order valence-electron chi connectivity index (χ2n) is 8.22. The summed E-state index contributed by atoms with van der Waals surface area (Å²) in [5.41, 5.74) is 4.79. The molecule has 1 heterocycles. The van der Waals surface area contributed by atoms with Gasteiger partial charge in [0.05, 0.1) is 18.6 Å². The van der Waals surface area contributed by atoms with Crippen LogP contribution in [0.3, 0.4) is 0 Å². The summed E-state index contributed by atoms with van der Waals surface area (Å²) in [5, 5.41) is 0. The SMILES string of the molecule is COCCNS(=O)(=O)c1ccc(COc2ccc(CN3Cc4ccccc4C3)cc2OC)cc1. The molecule has 0 unspecified atom stereocenters. The third-order valence-corrected chi connectivity index (χ3v) is 7.24. The first-order valence-electron chi connectivity index (χ1n) is 11.1. The van der Waals surface area contributed by atoms with Gasteiger partial charge in [0, 0.05) is 33.3 Å². The van der Waals surface area contributed by atoms with Gasteiger partial charge in [0.2, 0.25) is 10.0 Å². The van der Waals surface area contributed by atoms with Gasteiger partial charge >= 0.3 is 0 Å². The van der Waals surface area contributed by atoms with Crippen LogP contribution >= 0.6 is 0 Å². The lowest BCUT2D eigenvalue weighted by atomic mass is 10.1. The minimum atomic E-state index is -3.55. The number of rotatable bonds is 11. The van der Waals surface area contributed by atoms with Crippen molar-refractivity contribution in [2.75, 3.05) is 27.4 Å². The fourth-order valence-electron chi connectivity index (χ4n) is 3.99. The molecule has 8 heteroatoms. The van der Waals surface area contributed by atoms with E-state index in [9.17, 15) is 8.42 Å². The van der Waals surface area contributed by atoms with E-state index in [1.807, 2.05) is 12.1 Å². The van der Waals surface area contributed by atoms with E-state index >= 15 is 0 Å². The number of benzene rings is 3. The predicted molar refractivity (Wildman–Crippen MR) is 130 cm³/mol. The van der Waals surface area contributed by atoms with E-state index < -0.39 is 10.0 Å². The third kappa shape index (κ3) is 5.95. The fraction of sp³-hybridized carbons (Fsp3) is 0.308. The Bertz CT molecular complexity index is 1190. The summed E-state index contributed by atoms with van der Waals surface area (Å²) < 4.78 is 43.5. The zero-order chi connectivity index (χ0) is 24.0. The molecule has 7 nitrogen and oxygen atoms in total. The normalized spacial score (nSPS) is 13.6. The molecule has 180 valence electrons. The van der Waals surface area contributed by atoms with Gasteiger partial charge in [-0.15, -0.1) is 0 Å². The van der Waals surface area contributed by atoms with Crippen LogP contribution in [0, 0.1) is 0 Å². The topological polar surface area (TPSA) is 77.1 Å².